The molecule has 0 radical (unpaired) electrons. The highest BCUT2D eigenvalue weighted by molar-refractivity contribution is 5.89. The van der Waals surface area contributed by atoms with Gasteiger partial charge in [0.1, 0.15) is 11.6 Å². The number of hydrogen-bond donors (Lipinski definition) is 1. The lowest BCUT2D eigenvalue weighted by Crippen LogP contribution is -2.45. The number of aromatic nitrogens is 3. The van der Waals surface area contributed by atoms with Gasteiger partial charge in [0.05, 0.1) is 18.6 Å². The van der Waals surface area contributed by atoms with Gasteiger partial charge in [-0.15, -0.1) is 0 Å². The van der Waals surface area contributed by atoms with Crippen LogP contribution in [-0.2, 0) is 10.2 Å². The van der Waals surface area contributed by atoms with Crippen LogP contribution in [0.2, 0.25) is 0 Å². The number of hydrogen-bond acceptors (Lipinski definition) is 4. The number of aryl methyl sites for hydroxylation is 1. The Hall–Kier alpha value is -2.37. The molecule has 1 aliphatic heterocycles. The summed E-state index contributed by atoms with van der Waals surface area (Å²) in [5, 5.41) is 7.24. The van der Waals surface area contributed by atoms with Crippen LogP contribution in [0, 0.1) is 6.92 Å². The highest BCUT2D eigenvalue weighted by Crippen LogP contribution is 2.45. The van der Waals surface area contributed by atoms with Crippen LogP contribution in [0.25, 0.3) is 0 Å². The minimum Gasteiger partial charge on any atom is -0.497 e. The normalized spacial score (nSPS) is 21.9. The summed E-state index contributed by atoms with van der Waals surface area (Å²) in [7, 11) is 1.67. The van der Waals surface area contributed by atoms with Gasteiger partial charge >= 0.3 is 0 Å². The Labute approximate surface area is 154 Å². The van der Waals surface area contributed by atoms with Gasteiger partial charge in [-0.05, 0) is 50.3 Å². The molecule has 0 spiro atoms. The monoisotopic (exact) mass is 354 g/mol. The van der Waals surface area contributed by atoms with Gasteiger partial charge < -0.3 is 9.64 Å². The maximum atomic E-state index is 13.7. The van der Waals surface area contributed by atoms with Crippen LogP contribution in [-0.4, -0.2) is 39.6 Å². The Bertz CT molecular complexity index is 777. The van der Waals surface area contributed by atoms with Gasteiger partial charge in [-0.3, -0.25) is 9.89 Å². The summed E-state index contributed by atoms with van der Waals surface area (Å²) in [4.78, 5) is 20.3. The number of methoxy groups -OCH3 is 1. The molecule has 0 unspecified atom stereocenters. The van der Waals surface area contributed by atoms with Crippen molar-refractivity contribution >= 4 is 5.91 Å². The number of ether oxygens (including phenoxy) is 1. The van der Waals surface area contributed by atoms with Crippen molar-refractivity contribution in [3.8, 4) is 5.75 Å². The molecule has 1 aliphatic carbocycles. The fraction of sp³-hybridized carbons (Fsp3) is 0.550. The molecule has 1 N–H and O–H groups in total. The minimum absolute atomic E-state index is 0.0110. The first-order valence-electron chi connectivity index (χ1n) is 9.48. The molecule has 1 saturated heterocycles. The number of nitrogens with zero attached hydrogens (tertiary/aromatic N) is 3. The first-order chi connectivity index (χ1) is 12.6. The third-order valence-electron chi connectivity index (χ3n) is 5.94. The summed E-state index contributed by atoms with van der Waals surface area (Å²) in [5.74, 6) is 2.61. The molecule has 1 aromatic heterocycles. The standard InChI is InChI=1S/C20H26N4O2/c1-14-21-18(23-22-14)17-6-5-13-24(17)19(25)20(11-3-4-12-20)15-7-9-16(26-2)10-8-15/h7-10,17H,3-6,11-13H2,1-2H3,(H,21,22,23)/t17-/m0/s1. The van der Waals surface area contributed by atoms with E-state index in [0.29, 0.717) is 0 Å². The molecule has 2 fully saturated rings. The number of benzene rings is 1. The van der Waals surface area contributed by atoms with Crippen molar-refractivity contribution in [2.24, 2.45) is 0 Å². The van der Waals surface area contributed by atoms with E-state index in [9.17, 15) is 4.79 Å². The smallest absolute Gasteiger partial charge is 0.233 e. The van der Waals surface area contributed by atoms with E-state index in [1.54, 1.807) is 7.11 Å². The molecule has 2 aromatic rings. The molecule has 1 saturated carbocycles. The van der Waals surface area contributed by atoms with Crippen molar-refractivity contribution in [1.82, 2.24) is 20.1 Å². The number of rotatable bonds is 4. The predicted molar refractivity (Wildman–Crippen MR) is 97.9 cm³/mol. The number of amides is 1. The average Bonchev–Trinajstić information content (AvgIpc) is 3.41. The van der Waals surface area contributed by atoms with Crippen LogP contribution < -0.4 is 4.74 Å². The number of likely N-dealkylation sites (tertiary alicyclic amines) is 1. The Morgan fingerprint density at radius 3 is 2.58 bits per heavy atom. The summed E-state index contributed by atoms with van der Waals surface area (Å²) in [5.41, 5.74) is 0.692. The summed E-state index contributed by atoms with van der Waals surface area (Å²) in [6.07, 6.45) is 5.94. The molecule has 0 bridgehead atoms. The molecular weight excluding hydrogens is 328 g/mol. The van der Waals surface area contributed by atoms with Crippen molar-refractivity contribution in [2.75, 3.05) is 13.7 Å². The maximum Gasteiger partial charge on any atom is 0.233 e. The SMILES string of the molecule is COc1ccc(C2(C(=O)N3CCC[C@H]3c3n[nH]c(C)n3)CCCC2)cc1. The highest BCUT2D eigenvalue weighted by atomic mass is 16.5. The molecule has 2 heterocycles. The van der Waals surface area contributed by atoms with E-state index < -0.39 is 5.41 Å². The van der Waals surface area contributed by atoms with Crippen molar-refractivity contribution < 1.29 is 9.53 Å². The fourth-order valence-corrected chi connectivity index (χ4v) is 4.58. The minimum atomic E-state index is -0.416. The molecule has 6 heteroatoms. The second kappa shape index (κ2) is 6.74. The topological polar surface area (TPSA) is 71.1 Å². The zero-order valence-electron chi connectivity index (χ0n) is 15.5. The van der Waals surface area contributed by atoms with E-state index in [2.05, 4.69) is 27.3 Å². The number of aromatic amines is 1. The number of nitrogens with one attached hydrogen (secondary N) is 1. The Kier molecular flexibility index (Phi) is 4.42. The van der Waals surface area contributed by atoms with E-state index in [0.717, 1.165) is 68.0 Å². The molecule has 1 amide bonds. The quantitative estimate of drug-likeness (QED) is 0.914. The third-order valence-corrected chi connectivity index (χ3v) is 5.94. The van der Waals surface area contributed by atoms with E-state index in [4.69, 9.17) is 4.74 Å². The Balaban J connectivity index is 1.66. The average molecular weight is 354 g/mol. The lowest BCUT2D eigenvalue weighted by molar-refractivity contribution is -0.138. The van der Waals surface area contributed by atoms with Gasteiger partial charge in [-0.2, -0.15) is 5.10 Å². The van der Waals surface area contributed by atoms with Crippen molar-refractivity contribution in [3.05, 3.63) is 41.5 Å². The summed E-state index contributed by atoms with van der Waals surface area (Å²) >= 11 is 0. The summed E-state index contributed by atoms with van der Waals surface area (Å²) < 4.78 is 5.29. The second-order valence-electron chi connectivity index (χ2n) is 7.45. The van der Waals surface area contributed by atoms with Gasteiger partial charge in [0, 0.05) is 6.54 Å². The van der Waals surface area contributed by atoms with Crippen LogP contribution in [0.3, 0.4) is 0 Å². The van der Waals surface area contributed by atoms with E-state index in [1.165, 1.54) is 0 Å². The predicted octanol–water partition coefficient (Wildman–Crippen LogP) is 3.30. The maximum absolute atomic E-state index is 13.7. The Morgan fingerprint density at radius 2 is 1.96 bits per heavy atom. The van der Waals surface area contributed by atoms with Gasteiger partial charge in [0.15, 0.2) is 5.82 Å². The number of carbonyl (C=O) groups is 1. The molecule has 1 aromatic carbocycles. The van der Waals surface area contributed by atoms with Crippen LogP contribution >= 0.6 is 0 Å². The van der Waals surface area contributed by atoms with Crippen LogP contribution in [0.5, 0.6) is 5.75 Å². The zero-order valence-corrected chi connectivity index (χ0v) is 15.5. The van der Waals surface area contributed by atoms with E-state index >= 15 is 0 Å². The molecule has 6 nitrogen and oxygen atoms in total. The lowest BCUT2D eigenvalue weighted by atomic mass is 9.77. The van der Waals surface area contributed by atoms with Gasteiger partial charge in [-0.1, -0.05) is 25.0 Å². The van der Waals surface area contributed by atoms with Gasteiger partial charge in [0.2, 0.25) is 5.91 Å². The molecule has 2 aliphatic rings. The highest BCUT2D eigenvalue weighted by Gasteiger charge is 2.48. The Morgan fingerprint density at radius 1 is 1.23 bits per heavy atom. The fourth-order valence-electron chi connectivity index (χ4n) is 4.58. The number of carbonyl (C=O) groups excluding carboxylic acids is 1. The van der Waals surface area contributed by atoms with Crippen molar-refractivity contribution in [1.29, 1.82) is 0 Å². The molecule has 1 atom stereocenters. The van der Waals surface area contributed by atoms with E-state index in [-0.39, 0.29) is 11.9 Å². The molecular formula is C20H26N4O2. The summed E-state index contributed by atoms with van der Waals surface area (Å²) in [6, 6.07) is 8.03. The molecule has 4 rings (SSSR count). The number of H-pyrrole nitrogens is 1. The van der Waals surface area contributed by atoms with Gasteiger partial charge in [-0.25, -0.2) is 4.98 Å². The van der Waals surface area contributed by atoms with Gasteiger partial charge in [0.25, 0.3) is 0 Å². The van der Waals surface area contributed by atoms with E-state index in [1.807, 2.05) is 24.0 Å². The van der Waals surface area contributed by atoms with Crippen molar-refractivity contribution in [3.63, 3.8) is 0 Å². The first-order valence-corrected chi connectivity index (χ1v) is 9.48. The lowest BCUT2D eigenvalue weighted by Gasteiger charge is -2.35. The third kappa shape index (κ3) is 2.77. The zero-order chi connectivity index (χ0) is 18.1. The van der Waals surface area contributed by atoms with Crippen molar-refractivity contribution in [2.45, 2.75) is 56.9 Å². The molecule has 138 valence electrons. The first kappa shape index (κ1) is 17.1. The van der Waals surface area contributed by atoms with Crippen LogP contribution in [0.4, 0.5) is 0 Å². The van der Waals surface area contributed by atoms with Crippen LogP contribution in [0.1, 0.15) is 61.8 Å². The van der Waals surface area contributed by atoms with Crippen LogP contribution in [0.15, 0.2) is 24.3 Å². The largest absolute Gasteiger partial charge is 0.497 e. The summed E-state index contributed by atoms with van der Waals surface area (Å²) in [6.45, 7) is 2.68. The second-order valence-corrected chi connectivity index (χ2v) is 7.45. The molecule has 26 heavy (non-hydrogen) atoms.